The number of unbranched alkanes of at least 4 members (excludes halogenated alkanes) is 1. The second kappa shape index (κ2) is 7.04. The summed E-state index contributed by atoms with van der Waals surface area (Å²) in [7, 11) is 0. The maximum absolute atomic E-state index is 11.5. The number of hydrogen-bond acceptors (Lipinski definition) is 3. The normalized spacial score (nSPS) is 10.2. The summed E-state index contributed by atoms with van der Waals surface area (Å²) in [5.41, 5.74) is 0.273. The number of halogens is 3. The van der Waals surface area contributed by atoms with Crippen molar-refractivity contribution >= 4 is 50.7 Å². The molecule has 16 heavy (non-hydrogen) atoms. The van der Waals surface area contributed by atoms with Gasteiger partial charge in [-0.2, -0.15) is 0 Å². The van der Waals surface area contributed by atoms with E-state index in [0.717, 1.165) is 18.2 Å². The molecule has 0 saturated carbocycles. The van der Waals surface area contributed by atoms with Crippen LogP contribution in [-0.2, 0) is 4.79 Å². The van der Waals surface area contributed by atoms with Gasteiger partial charge in [0.1, 0.15) is 12.0 Å². The maximum atomic E-state index is 11.5. The van der Waals surface area contributed by atoms with Crippen molar-refractivity contribution in [1.82, 2.24) is 9.97 Å². The number of aromatic nitrogens is 2. The largest absolute Gasteiger partial charge is 0.321 e. The summed E-state index contributed by atoms with van der Waals surface area (Å²) >= 11 is 14.8. The number of amides is 1. The van der Waals surface area contributed by atoms with Gasteiger partial charge in [-0.1, -0.05) is 39.1 Å². The fourth-order valence-electron chi connectivity index (χ4n) is 1.03. The molecule has 0 spiro atoms. The van der Waals surface area contributed by atoms with E-state index in [9.17, 15) is 4.79 Å². The van der Waals surface area contributed by atoms with Crippen molar-refractivity contribution in [2.24, 2.45) is 0 Å². The number of hydrogen-bond donors (Lipinski definition) is 1. The van der Waals surface area contributed by atoms with E-state index in [1.165, 1.54) is 6.33 Å². The van der Waals surface area contributed by atoms with Gasteiger partial charge in [0.25, 0.3) is 0 Å². The summed E-state index contributed by atoms with van der Waals surface area (Å²) in [5, 5.41) is 3.77. The van der Waals surface area contributed by atoms with E-state index in [1.54, 1.807) is 0 Å². The summed E-state index contributed by atoms with van der Waals surface area (Å²) in [4.78, 5) is 19.0. The third kappa shape index (κ3) is 4.23. The molecule has 88 valence electrons. The molecule has 0 bridgehead atoms. The minimum Gasteiger partial charge on any atom is -0.321 e. The average Bonchev–Trinajstić information content (AvgIpc) is 2.24. The van der Waals surface area contributed by atoms with Crippen LogP contribution in [0.3, 0.4) is 0 Å². The lowest BCUT2D eigenvalue weighted by atomic mass is 10.2. The standard InChI is InChI=1S/C9H10BrCl2N3O/c10-4-2-1-3-6(16)15-7-8(11)13-5-14-9(7)12/h5H,1-4H2,(H,15,16). The van der Waals surface area contributed by atoms with E-state index < -0.39 is 0 Å². The molecule has 0 fully saturated rings. The molecule has 4 nitrogen and oxygen atoms in total. The second-order valence-electron chi connectivity index (χ2n) is 3.02. The topological polar surface area (TPSA) is 54.9 Å². The predicted molar refractivity (Wildman–Crippen MR) is 68.3 cm³/mol. The molecule has 1 N–H and O–H groups in total. The van der Waals surface area contributed by atoms with E-state index >= 15 is 0 Å². The van der Waals surface area contributed by atoms with Gasteiger partial charge in [-0.15, -0.1) is 0 Å². The summed E-state index contributed by atoms with van der Waals surface area (Å²) in [6.07, 6.45) is 3.42. The van der Waals surface area contributed by atoms with Crippen molar-refractivity contribution in [3.8, 4) is 0 Å². The molecule has 0 aromatic carbocycles. The van der Waals surface area contributed by atoms with E-state index in [2.05, 4.69) is 31.2 Å². The highest BCUT2D eigenvalue weighted by atomic mass is 79.9. The zero-order valence-corrected chi connectivity index (χ0v) is 11.4. The van der Waals surface area contributed by atoms with Crippen LogP contribution in [0.2, 0.25) is 10.3 Å². The smallest absolute Gasteiger partial charge is 0.224 e. The lowest BCUT2D eigenvalue weighted by Crippen LogP contribution is -2.12. The molecular weight excluding hydrogens is 317 g/mol. The van der Waals surface area contributed by atoms with Crippen molar-refractivity contribution in [1.29, 1.82) is 0 Å². The van der Waals surface area contributed by atoms with Gasteiger partial charge in [0.2, 0.25) is 5.91 Å². The average molecular weight is 327 g/mol. The Morgan fingerprint density at radius 1 is 1.31 bits per heavy atom. The van der Waals surface area contributed by atoms with Crippen LogP contribution in [0, 0.1) is 0 Å². The zero-order chi connectivity index (χ0) is 12.0. The molecule has 0 radical (unpaired) electrons. The van der Waals surface area contributed by atoms with Crippen LogP contribution in [0.1, 0.15) is 19.3 Å². The summed E-state index contributed by atoms with van der Waals surface area (Å²) in [6.45, 7) is 0. The first-order valence-electron chi connectivity index (χ1n) is 4.67. The van der Waals surface area contributed by atoms with Gasteiger partial charge in [-0.05, 0) is 12.8 Å². The van der Waals surface area contributed by atoms with Crippen molar-refractivity contribution < 1.29 is 4.79 Å². The SMILES string of the molecule is O=C(CCCCBr)Nc1c(Cl)ncnc1Cl. The number of nitrogens with one attached hydrogen (secondary N) is 1. The van der Waals surface area contributed by atoms with Gasteiger partial charge in [0.05, 0.1) is 0 Å². The van der Waals surface area contributed by atoms with E-state index in [1.807, 2.05) is 0 Å². The number of carbonyl (C=O) groups is 1. The molecule has 1 heterocycles. The number of anilines is 1. The minimum atomic E-state index is -0.139. The molecular formula is C9H10BrCl2N3O. The Morgan fingerprint density at radius 2 is 1.94 bits per heavy atom. The van der Waals surface area contributed by atoms with E-state index in [4.69, 9.17) is 23.2 Å². The molecule has 7 heteroatoms. The van der Waals surface area contributed by atoms with Crippen LogP contribution < -0.4 is 5.32 Å². The van der Waals surface area contributed by atoms with Gasteiger partial charge in [0, 0.05) is 11.8 Å². The van der Waals surface area contributed by atoms with Crippen molar-refractivity contribution in [3.63, 3.8) is 0 Å². The molecule has 1 aromatic rings. The third-order valence-electron chi connectivity index (χ3n) is 1.81. The van der Waals surface area contributed by atoms with Crippen molar-refractivity contribution in [3.05, 3.63) is 16.6 Å². The van der Waals surface area contributed by atoms with Crippen LogP contribution in [0.5, 0.6) is 0 Å². The second-order valence-corrected chi connectivity index (χ2v) is 4.53. The Hall–Kier alpha value is -0.390. The highest BCUT2D eigenvalue weighted by Crippen LogP contribution is 2.25. The van der Waals surface area contributed by atoms with E-state index in [0.29, 0.717) is 6.42 Å². The first kappa shape index (κ1) is 13.7. The maximum Gasteiger partial charge on any atom is 0.224 e. The minimum absolute atomic E-state index is 0.139. The van der Waals surface area contributed by atoms with Crippen LogP contribution in [0.4, 0.5) is 5.69 Å². The molecule has 1 amide bonds. The predicted octanol–water partition coefficient (Wildman–Crippen LogP) is 3.29. The van der Waals surface area contributed by atoms with Crippen LogP contribution >= 0.6 is 39.1 Å². The molecule has 0 aliphatic carbocycles. The Kier molecular flexibility index (Phi) is 6.01. The Morgan fingerprint density at radius 3 is 2.50 bits per heavy atom. The van der Waals surface area contributed by atoms with Gasteiger partial charge in [0.15, 0.2) is 10.3 Å². The molecule has 0 aliphatic heterocycles. The highest BCUT2D eigenvalue weighted by molar-refractivity contribution is 9.09. The molecule has 0 saturated heterocycles. The number of nitrogens with zero attached hydrogens (tertiary/aromatic N) is 2. The highest BCUT2D eigenvalue weighted by Gasteiger charge is 2.11. The summed E-state index contributed by atoms with van der Waals surface area (Å²) in [5.74, 6) is -0.139. The lowest BCUT2D eigenvalue weighted by molar-refractivity contribution is -0.116. The van der Waals surface area contributed by atoms with Crippen LogP contribution in [0.25, 0.3) is 0 Å². The Labute approximate surface area is 112 Å². The number of carbonyl (C=O) groups excluding carboxylic acids is 1. The molecule has 1 rings (SSSR count). The Bertz CT molecular complexity index is 356. The number of rotatable bonds is 5. The zero-order valence-electron chi connectivity index (χ0n) is 8.34. The first-order chi connectivity index (χ1) is 7.65. The van der Waals surface area contributed by atoms with Gasteiger partial charge in [-0.25, -0.2) is 9.97 Å². The molecule has 1 aromatic heterocycles. The van der Waals surface area contributed by atoms with Gasteiger partial charge in [-0.3, -0.25) is 4.79 Å². The molecule has 0 atom stereocenters. The van der Waals surface area contributed by atoms with Crippen LogP contribution in [0.15, 0.2) is 6.33 Å². The van der Waals surface area contributed by atoms with E-state index in [-0.39, 0.29) is 21.9 Å². The summed E-state index contributed by atoms with van der Waals surface area (Å²) in [6, 6.07) is 0. The third-order valence-corrected chi connectivity index (χ3v) is 2.94. The fraction of sp³-hybridized carbons (Fsp3) is 0.444. The fourth-order valence-corrected chi connectivity index (χ4v) is 1.84. The number of alkyl halides is 1. The van der Waals surface area contributed by atoms with Crippen LogP contribution in [-0.4, -0.2) is 21.2 Å². The quantitative estimate of drug-likeness (QED) is 0.513. The lowest BCUT2D eigenvalue weighted by Gasteiger charge is -2.06. The van der Waals surface area contributed by atoms with Gasteiger partial charge >= 0.3 is 0 Å². The van der Waals surface area contributed by atoms with Crippen molar-refractivity contribution in [2.75, 3.05) is 10.6 Å². The first-order valence-corrected chi connectivity index (χ1v) is 6.54. The van der Waals surface area contributed by atoms with Gasteiger partial charge < -0.3 is 5.32 Å². The monoisotopic (exact) mass is 325 g/mol. The molecule has 0 unspecified atom stereocenters. The summed E-state index contributed by atoms with van der Waals surface area (Å²) < 4.78 is 0. The Balaban J connectivity index is 2.56. The van der Waals surface area contributed by atoms with Crippen molar-refractivity contribution in [2.45, 2.75) is 19.3 Å². The molecule has 0 aliphatic rings.